The van der Waals surface area contributed by atoms with Gasteiger partial charge in [0.2, 0.25) is 10.0 Å². The number of Topliss-reactive ketones (excluding diaryl/α,β-unsaturated/α-hetero) is 1. The third-order valence-corrected chi connectivity index (χ3v) is 8.48. The molecule has 0 heterocycles. The molecule has 142 valence electrons. The molecule has 1 aromatic carbocycles. The summed E-state index contributed by atoms with van der Waals surface area (Å²) in [5.41, 5.74) is 1.01. The molecule has 2 aliphatic rings. The number of hydrogen-bond acceptors (Lipinski definition) is 5. The molecule has 2 atom stereocenters. The molecular weight excluding hydrogens is 356 g/mol. The predicted octanol–water partition coefficient (Wildman–Crippen LogP) is 1.97. The van der Waals surface area contributed by atoms with Crippen molar-refractivity contribution in [2.24, 2.45) is 16.7 Å². The minimum atomic E-state index is -3.72. The Balaban J connectivity index is 1.86. The summed E-state index contributed by atoms with van der Waals surface area (Å²) in [5.74, 6) is -0.550. The molecule has 1 aromatic rings. The van der Waals surface area contributed by atoms with Gasteiger partial charge in [0.15, 0.2) is 0 Å². The molecule has 2 aliphatic carbocycles. The lowest BCUT2D eigenvalue weighted by atomic mass is 9.70. The first-order valence-corrected chi connectivity index (χ1v) is 10.2. The molecule has 0 aromatic heterocycles. The maximum atomic E-state index is 13.0. The number of rotatable bonds is 5. The van der Waals surface area contributed by atoms with Gasteiger partial charge in [-0.15, -0.1) is 0 Å². The number of anilines is 1. The van der Waals surface area contributed by atoms with Gasteiger partial charge < -0.3 is 0 Å². The zero-order valence-corrected chi connectivity index (χ0v) is 16.0. The Kier molecular flexibility index (Phi) is 4.39. The summed E-state index contributed by atoms with van der Waals surface area (Å²) < 4.78 is 27.2. The van der Waals surface area contributed by atoms with Crippen molar-refractivity contribution in [2.45, 2.75) is 33.1 Å². The van der Waals surface area contributed by atoms with Gasteiger partial charge in [0.25, 0.3) is 5.91 Å². The van der Waals surface area contributed by atoms with E-state index >= 15 is 0 Å². The lowest BCUT2D eigenvalue weighted by Gasteiger charge is -2.37. The molecule has 0 saturated heterocycles. The Morgan fingerprint density at radius 2 is 1.92 bits per heavy atom. The first kappa shape index (κ1) is 18.8. The normalized spacial score (nSPS) is 26.8. The molecule has 0 radical (unpaired) electrons. The molecule has 2 N–H and O–H groups in total. The van der Waals surface area contributed by atoms with E-state index in [1.807, 2.05) is 13.8 Å². The third kappa shape index (κ3) is 2.63. The largest absolute Gasteiger partial charge is 0.299 e. The van der Waals surface area contributed by atoms with Crippen LogP contribution in [0.5, 0.6) is 0 Å². The van der Waals surface area contributed by atoms with Gasteiger partial charge in [-0.05, 0) is 48.4 Å². The number of ketones is 1. The van der Waals surface area contributed by atoms with Crippen LogP contribution in [0.2, 0.25) is 0 Å². The van der Waals surface area contributed by atoms with Crippen molar-refractivity contribution in [1.82, 2.24) is 5.48 Å². The molecule has 0 spiro atoms. The smallest absolute Gasteiger partial charge is 0.274 e. The Morgan fingerprint density at radius 1 is 1.31 bits per heavy atom. The Labute approximate surface area is 153 Å². The van der Waals surface area contributed by atoms with Crippen LogP contribution in [-0.2, 0) is 14.8 Å². The summed E-state index contributed by atoms with van der Waals surface area (Å²) in [7, 11) is -2.27. The minimum absolute atomic E-state index is 0.0608. The second-order valence-electron chi connectivity index (χ2n) is 7.88. The van der Waals surface area contributed by atoms with Gasteiger partial charge in [0.1, 0.15) is 5.78 Å². The fourth-order valence-electron chi connectivity index (χ4n) is 4.56. The second kappa shape index (κ2) is 6.06. The van der Waals surface area contributed by atoms with E-state index < -0.39 is 21.3 Å². The van der Waals surface area contributed by atoms with Crippen molar-refractivity contribution < 1.29 is 23.2 Å². The Hall–Kier alpha value is -1.93. The molecule has 2 fully saturated rings. The van der Waals surface area contributed by atoms with Crippen molar-refractivity contribution in [3.8, 4) is 0 Å². The van der Waals surface area contributed by atoms with Crippen LogP contribution in [0.15, 0.2) is 24.3 Å². The number of carbonyl (C=O) groups is 2. The summed E-state index contributed by atoms with van der Waals surface area (Å²) in [6, 6.07) is 5.86. The molecule has 2 bridgehead atoms. The van der Waals surface area contributed by atoms with Crippen molar-refractivity contribution in [3.63, 3.8) is 0 Å². The topological polar surface area (TPSA) is 104 Å². The quantitative estimate of drug-likeness (QED) is 0.600. The molecule has 2 saturated carbocycles. The van der Waals surface area contributed by atoms with Crippen LogP contribution in [0.1, 0.15) is 43.5 Å². The fourth-order valence-corrected chi connectivity index (χ4v) is 6.50. The Morgan fingerprint density at radius 3 is 2.38 bits per heavy atom. The SMILES string of the molecule is CN(c1ccc(C(=O)NO)cc1)S(=O)(=O)C[C@@]12CC[C@@H](CC1=O)C2(C)C. The maximum absolute atomic E-state index is 13.0. The number of sulfonamides is 1. The molecule has 0 aliphatic heterocycles. The summed E-state index contributed by atoms with van der Waals surface area (Å²) in [6.45, 7) is 4.01. The fraction of sp³-hybridized carbons (Fsp3) is 0.556. The van der Waals surface area contributed by atoms with Crippen LogP contribution in [0.3, 0.4) is 0 Å². The van der Waals surface area contributed by atoms with Gasteiger partial charge in [-0.1, -0.05) is 13.8 Å². The van der Waals surface area contributed by atoms with Crippen LogP contribution >= 0.6 is 0 Å². The number of hydroxylamine groups is 1. The molecule has 8 heteroatoms. The molecular formula is C18H24N2O5S. The van der Waals surface area contributed by atoms with Gasteiger partial charge >= 0.3 is 0 Å². The molecule has 1 amide bonds. The number of nitrogens with one attached hydrogen (secondary N) is 1. The van der Waals surface area contributed by atoms with Crippen LogP contribution in [0.25, 0.3) is 0 Å². The number of nitrogens with zero attached hydrogens (tertiary/aromatic N) is 1. The van der Waals surface area contributed by atoms with E-state index in [0.29, 0.717) is 18.5 Å². The summed E-state index contributed by atoms with van der Waals surface area (Å²) in [5, 5.41) is 8.65. The highest BCUT2D eigenvalue weighted by atomic mass is 32.2. The second-order valence-corrected chi connectivity index (χ2v) is 9.88. The van der Waals surface area contributed by atoms with E-state index in [0.717, 1.165) is 10.7 Å². The number of hydrogen-bond donors (Lipinski definition) is 2. The zero-order valence-electron chi connectivity index (χ0n) is 15.2. The first-order chi connectivity index (χ1) is 12.0. The summed E-state index contributed by atoms with van der Waals surface area (Å²) in [6.07, 6.45) is 1.98. The third-order valence-electron chi connectivity index (χ3n) is 6.58. The molecule has 7 nitrogen and oxygen atoms in total. The lowest BCUT2D eigenvalue weighted by Crippen LogP contribution is -2.45. The van der Waals surface area contributed by atoms with E-state index in [9.17, 15) is 18.0 Å². The number of amides is 1. The van der Waals surface area contributed by atoms with Crippen LogP contribution in [0, 0.1) is 16.7 Å². The van der Waals surface area contributed by atoms with E-state index in [2.05, 4.69) is 0 Å². The number of carbonyl (C=O) groups excluding carboxylic acids is 2. The summed E-state index contributed by atoms with van der Waals surface area (Å²) in [4.78, 5) is 24.0. The average Bonchev–Trinajstić information content (AvgIpc) is 2.94. The van der Waals surface area contributed by atoms with Gasteiger partial charge in [-0.3, -0.25) is 19.1 Å². The average molecular weight is 380 g/mol. The van der Waals surface area contributed by atoms with Crippen molar-refractivity contribution in [1.29, 1.82) is 0 Å². The van der Waals surface area contributed by atoms with Gasteiger partial charge in [0.05, 0.1) is 16.9 Å². The van der Waals surface area contributed by atoms with Crippen molar-refractivity contribution >= 4 is 27.4 Å². The summed E-state index contributed by atoms with van der Waals surface area (Å²) >= 11 is 0. The first-order valence-electron chi connectivity index (χ1n) is 8.59. The van der Waals surface area contributed by atoms with Crippen LogP contribution < -0.4 is 9.79 Å². The van der Waals surface area contributed by atoms with Crippen LogP contribution in [-0.4, -0.2) is 38.1 Å². The predicted molar refractivity (Wildman–Crippen MR) is 96.4 cm³/mol. The van der Waals surface area contributed by atoms with Crippen molar-refractivity contribution in [3.05, 3.63) is 29.8 Å². The van der Waals surface area contributed by atoms with Crippen molar-refractivity contribution in [2.75, 3.05) is 17.1 Å². The van der Waals surface area contributed by atoms with Crippen LogP contribution in [0.4, 0.5) is 5.69 Å². The molecule has 26 heavy (non-hydrogen) atoms. The molecule has 3 rings (SSSR count). The molecule has 0 unspecified atom stereocenters. The highest BCUT2D eigenvalue weighted by Gasteiger charge is 2.65. The number of fused-ring (bicyclic) bond motifs is 2. The van der Waals surface area contributed by atoms with E-state index in [1.165, 1.54) is 36.8 Å². The Bertz CT molecular complexity index is 847. The zero-order chi connectivity index (χ0) is 19.3. The van der Waals surface area contributed by atoms with E-state index in [-0.39, 0.29) is 28.4 Å². The van der Waals surface area contributed by atoms with Gasteiger partial charge in [0, 0.05) is 19.0 Å². The van der Waals surface area contributed by atoms with Gasteiger partial charge in [-0.25, -0.2) is 13.9 Å². The maximum Gasteiger partial charge on any atom is 0.274 e. The lowest BCUT2D eigenvalue weighted by molar-refractivity contribution is -0.128. The highest BCUT2D eigenvalue weighted by Crippen LogP contribution is 2.64. The minimum Gasteiger partial charge on any atom is -0.299 e. The van der Waals surface area contributed by atoms with E-state index in [1.54, 1.807) is 0 Å². The van der Waals surface area contributed by atoms with Gasteiger partial charge in [-0.2, -0.15) is 0 Å². The standard InChI is InChI=1S/C18H24N2O5S/c1-17(2)13-8-9-18(17,15(21)10-13)11-26(24,25)20(3)14-6-4-12(5-7-14)16(22)19-23/h4-7,13,23H,8-11H2,1-3H3,(H,19,22)/t13-,18-/m0/s1. The van der Waals surface area contributed by atoms with E-state index in [4.69, 9.17) is 5.21 Å². The monoisotopic (exact) mass is 380 g/mol. The number of benzene rings is 1. The highest BCUT2D eigenvalue weighted by molar-refractivity contribution is 7.92.